The van der Waals surface area contributed by atoms with Gasteiger partial charge in [0.15, 0.2) is 0 Å². The van der Waals surface area contributed by atoms with E-state index in [1.165, 1.54) is 19.2 Å². The number of hydrogen-bond donors (Lipinski definition) is 1. The second kappa shape index (κ2) is 4.80. The maximum Gasteiger partial charge on any atom is 0.338 e. The first-order valence-corrected chi connectivity index (χ1v) is 5.17. The third kappa shape index (κ3) is 2.10. The second-order valence-corrected chi connectivity index (χ2v) is 3.28. The van der Waals surface area contributed by atoms with E-state index in [-0.39, 0.29) is 16.9 Å². The molecule has 0 bridgehead atoms. The summed E-state index contributed by atoms with van der Waals surface area (Å²) in [4.78, 5) is 11.3. The highest BCUT2D eigenvalue weighted by molar-refractivity contribution is 9.08. The van der Waals surface area contributed by atoms with Crippen molar-refractivity contribution in [2.45, 2.75) is 5.33 Å². The van der Waals surface area contributed by atoms with Crippen LogP contribution in [0.5, 0.6) is 5.75 Å². The Morgan fingerprint density at radius 2 is 2.33 bits per heavy atom. The molecule has 0 spiro atoms. The summed E-state index contributed by atoms with van der Waals surface area (Å²) < 4.78 is 4.57. The molecule has 5 heteroatoms. The summed E-state index contributed by atoms with van der Waals surface area (Å²) in [6.07, 6.45) is 0. The number of nitriles is 1. The number of halogens is 1. The van der Waals surface area contributed by atoms with E-state index >= 15 is 0 Å². The molecule has 1 N–H and O–H groups in total. The molecular weight excluding hydrogens is 262 g/mol. The molecule has 0 saturated carbocycles. The van der Waals surface area contributed by atoms with E-state index in [9.17, 15) is 9.90 Å². The number of esters is 1. The average Bonchev–Trinajstić information content (AvgIpc) is 2.27. The highest BCUT2D eigenvalue weighted by Crippen LogP contribution is 2.26. The fraction of sp³-hybridized carbons (Fsp3) is 0.200. The van der Waals surface area contributed by atoms with E-state index in [2.05, 4.69) is 20.7 Å². The lowest BCUT2D eigenvalue weighted by Crippen LogP contribution is -2.06. The van der Waals surface area contributed by atoms with Crippen molar-refractivity contribution in [2.24, 2.45) is 0 Å². The van der Waals surface area contributed by atoms with Gasteiger partial charge in [0, 0.05) is 5.33 Å². The van der Waals surface area contributed by atoms with Crippen LogP contribution in [-0.4, -0.2) is 18.2 Å². The smallest absolute Gasteiger partial charge is 0.338 e. The third-order valence-electron chi connectivity index (χ3n) is 1.94. The van der Waals surface area contributed by atoms with Crippen LogP contribution in [0.4, 0.5) is 0 Å². The molecule has 1 aromatic carbocycles. The second-order valence-electron chi connectivity index (χ2n) is 2.72. The molecule has 0 aliphatic heterocycles. The minimum absolute atomic E-state index is 0.0924. The molecule has 0 aliphatic rings. The van der Waals surface area contributed by atoms with Gasteiger partial charge in [-0.05, 0) is 17.7 Å². The summed E-state index contributed by atoms with van der Waals surface area (Å²) in [6.45, 7) is 0. The molecule has 0 aliphatic carbocycles. The van der Waals surface area contributed by atoms with Gasteiger partial charge in [0.2, 0.25) is 0 Å². The fourth-order valence-corrected chi connectivity index (χ4v) is 1.78. The maximum absolute atomic E-state index is 11.3. The lowest BCUT2D eigenvalue weighted by molar-refractivity contribution is 0.0600. The van der Waals surface area contributed by atoms with Gasteiger partial charge >= 0.3 is 5.97 Å². The Morgan fingerprint density at radius 1 is 1.67 bits per heavy atom. The zero-order valence-electron chi connectivity index (χ0n) is 7.95. The average molecular weight is 270 g/mol. The molecule has 0 unspecified atom stereocenters. The van der Waals surface area contributed by atoms with Gasteiger partial charge < -0.3 is 9.84 Å². The van der Waals surface area contributed by atoms with Crippen molar-refractivity contribution in [2.75, 3.05) is 7.11 Å². The monoisotopic (exact) mass is 269 g/mol. The fourth-order valence-electron chi connectivity index (χ4n) is 1.20. The van der Waals surface area contributed by atoms with Gasteiger partial charge in [-0.1, -0.05) is 15.9 Å². The Bertz CT molecular complexity index is 437. The predicted octanol–water partition coefficient (Wildman–Crippen LogP) is 1.95. The standard InChI is InChI=1S/C10H8BrNO3/c1-15-10(14)6-2-3-9(13)8(5-12)7(6)4-11/h2-3,13H,4H2,1H3. The first kappa shape index (κ1) is 11.5. The van der Waals surface area contributed by atoms with Crippen LogP contribution < -0.4 is 0 Å². The number of phenolic OH excluding ortho intramolecular Hbond substituents is 1. The van der Waals surface area contributed by atoms with E-state index in [4.69, 9.17) is 5.26 Å². The number of methoxy groups -OCH3 is 1. The number of rotatable bonds is 2. The van der Waals surface area contributed by atoms with Gasteiger partial charge in [0.1, 0.15) is 11.8 Å². The summed E-state index contributed by atoms with van der Waals surface area (Å²) in [5.74, 6) is -0.666. The molecule has 0 radical (unpaired) electrons. The zero-order chi connectivity index (χ0) is 11.4. The molecule has 4 nitrogen and oxygen atoms in total. The SMILES string of the molecule is COC(=O)c1ccc(O)c(C#N)c1CBr. The van der Waals surface area contributed by atoms with Crippen LogP contribution in [0.3, 0.4) is 0 Å². The number of benzene rings is 1. The van der Waals surface area contributed by atoms with Crippen molar-refractivity contribution in [3.05, 3.63) is 28.8 Å². The molecule has 1 aromatic rings. The van der Waals surface area contributed by atoms with Crippen LogP contribution in [0.15, 0.2) is 12.1 Å². The Balaban J connectivity index is 3.43. The lowest BCUT2D eigenvalue weighted by Gasteiger charge is -2.08. The van der Waals surface area contributed by atoms with E-state index in [1.54, 1.807) is 0 Å². The molecule has 15 heavy (non-hydrogen) atoms. The number of alkyl halides is 1. The molecule has 0 fully saturated rings. The molecule has 1 rings (SSSR count). The summed E-state index contributed by atoms with van der Waals surface area (Å²) in [7, 11) is 1.26. The van der Waals surface area contributed by atoms with E-state index in [0.717, 1.165) is 0 Å². The van der Waals surface area contributed by atoms with Gasteiger partial charge in [-0.15, -0.1) is 0 Å². The number of carbonyl (C=O) groups is 1. The van der Waals surface area contributed by atoms with Gasteiger partial charge in [-0.25, -0.2) is 4.79 Å². The van der Waals surface area contributed by atoms with Gasteiger partial charge in [-0.2, -0.15) is 5.26 Å². The molecule has 0 saturated heterocycles. The largest absolute Gasteiger partial charge is 0.507 e. The molecule has 0 amide bonds. The lowest BCUT2D eigenvalue weighted by atomic mass is 10.0. The molecular formula is C10H8BrNO3. The molecule has 0 aromatic heterocycles. The van der Waals surface area contributed by atoms with Crippen LogP contribution in [0.2, 0.25) is 0 Å². The van der Waals surface area contributed by atoms with Gasteiger partial charge in [0.05, 0.1) is 18.2 Å². The van der Waals surface area contributed by atoms with Crippen LogP contribution in [0.1, 0.15) is 21.5 Å². The first-order valence-electron chi connectivity index (χ1n) is 4.05. The zero-order valence-corrected chi connectivity index (χ0v) is 9.54. The number of phenols is 1. The number of nitrogens with zero attached hydrogens (tertiary/aromatic N) is 1. The summed E-state index contributed by atoms with van der Waals surface area (Å²) >= 11 is 3.16. The van der Waals surface area contributed by atoms with Crippen molar-refractivity contribution in [1.29, 1.82) is 5.26 Å². The maximum atomic E-state index is 11.3. The van der Waals surface area contributed by atoms with Crippen molar-refractivity contribution in [3.63, 3.8) is 0 Å². The first-order chi connectivity index (χ1) is 7.15. The number of aromatic hydroxyl groups is 1. The minimum Gasteiger partial charge on any atom is -0.507 e. The third-order valence-corrected chi connectivity index (χ3v) is 2.50. The number of ether oxygens (including phenoxy) is 1. The van der Waals surface area contributed by atoms with Crippen LogP contribution in [0.25, 0.3) is 0 Å². The van der Waals surface area contributed by atoms with Crippen LogP contribution in [-0.2, 0) is 10.1 Å². The summed E-state index contributed by atoms with van der Waals surface area (Å²) in [5, 5.41) is 18.5. The Hall–Kier alpha value is -1.54. The normalized spacial score (nSPS) is 9.40. The number of carbonyl (C=O) groups excluding carboxylic acids is 1. The van der Waals surface area contributed by atoms with Gasteiger partial charge in [0.25, 0.3) is 0 Å². The van der Waals surface area contributed by atoms with Crippen molar-refractivity contribution in [3.8, 4) is 11.8 Å². The van der Waals surface area contributed by atoms with Crippen LogP contribution >= 0.6 is 15.9 Å². The van der Waals surface area contributed by atoms with E-state index < -0.39 is 5.97 Å². The Morgan fingerprint density at radius 3 is 2.80 bits per heavy atom. The van der Waals surface area contributed by atoms with E-state index in [0.29, 0.717) is 10.9 Å². The van der Waals surface area contributed by atoms with Crippen molar-refractivity contribution < 1.29 is 14.6 Å². The Kier molecular flexibility index (Phi) is 3.69. The topological polar surface area (TPSA) is 70.3 Å². The van der Waals surface area contributed by atoms with Crippen LogP contribution in [0, 0.1) is 11.3 Å². The molecule has 0 heterocycles. The highest BCUT2D eigenvalue weighted by atomic mass is 79.9. The van der Waals surface area contributed by atoms with E-state index in [1.807, 2.05) is 6.07 Å². The Labute approximate surface area is 95.2 Å². The van der Waals surface area contributed by atoms with Crippen molar-refractivity contribution >= 4 is 21.9 Å². The molecule has 78 valence electrons. The number of hydrogen-bond acceptors (Lipinski definition) is 4. The quantitative estimate of drug-likeness (QED) is 0.658. The summed E-state index contributed by atoms with van der Waals surface area (Å²) in [5.41, 5.74) is 0.808. The van der Waals surface area contributed by atoms with Gasteiger partial charge in [-0.3, -0.25) is 0 Å². The predicted molar refractivity (Wildman–Crippen MR) is 56.8 cm³/mol. The van der Waals surface area contributed by atoms with Crippen molar-refractivity contribution in [1.82, 2.24) is 0 Å². The highest BCUT2D eigenvalue weighted by Gasteiger charge is 2.17. The summed E-state index contributed by atoms with van der Waals surface area (Å²) in [6, 6.07) is 4.58. The molecule has 0 atom stereocenters. The minimum atomic E-state index is -0.527.